The van der Waals surface area contributed by atoms with E-state index in [1.165, 1.54) is 33.6 Å². The van der Waals surface area contributed by atoms with Crippen molar-refractivity contribution >= 4 is 29.4 Å². The summed E-state index contributed by atoms with van der Waals surface area (Å²) in [5, 5.41) is 0.391. The Kier molecular flexibility index (Phi) is 6.54. The van der Waals surface area contributed by atoms with Crippen molar-refractivity contribution in [2.24, 2.45) is 0 Å². The second-order valence-electron chi connectivity index (χ2n) is 6.05. The van der Waals surface area contributed by atoms with E-state index in [0.717, 1.165) is 0 Å². The van der Waals surface area contributed by atoms with E-state index in [-0.39, 0.29) is 17.2 Å². The van der Waals surface area contributed by atoms with Crippen molar-refractivity contribution in [3.63, 3.8) is 0 Å². The molecule has 0 amide bonds. The van der Waals surface area contributed by atoms with Crippen LogP contribution in [0.4, 0.5) is 0 Å². The van der Waals surface area contributed by atoms with Gasteiger partial charge in [-0.25, -0.2) is 9.78 Å². The first-order valence-electron chi connectivity index (χ1n) is 8.85. The van der Waals surface area contributed by atoms with E-state index in [4.69, 9.17) is 21.1 Å². The number of esters is 1. The molecule has 30 heavy (non-hydrogen) atoms. The maximum Gasteiger partial charge on any atom is 0.330 e. The van der Waals surface area contributed by atoms with Crippen LogP contribution in [0, 0.1) is 0 Å². The summed E-state index contributed by atoms with van der Waals surface area (Å²) < 4.78 is 17.0. The van der Waals surface area contributed by atoms with Gasteiger partial charge in [-0.1, -0.05) is 11.6 Å². The lowest BCUT2D eigenvalue weighted by molar-refractivity contribution is -0.134. The second-order valence-corrected chi connectivity index (χ2v) is 6.48. The lowest BCUT2D eigenvalue weighted by Crippen LogP contribution is -2.11. The molecule has 1 aromatic carbocycles. The van der Waals surface area contributed by atoms with E-state index in [0.29, 0.717) is 27.7 Å². The highest BCUT2D eigenvalue weighted by Gasteiger charge is 2.23. The molecule has 3 aromatic rings. The van der Waals surface area contributed by atoms with Crippen LogP contribution in [0.3, 0.4) is 0 Å². The lowest BCUT2D eigenvalue weighted by Gasteiger charge is -2.15. The van der Waals surface area contributed by atoms with Gasteiger partial charge in [-0.2, -0.15) is 0 Å². The summed E-state index contributed by atoms with van der Waals surface area (Å²) in [6, 6.07) is 10.2. The van der Waals surface area contributed by atoms with Gasteiger partial charge in [-0.05, 0) is 36.4 Å². The van der Waals surface area contributed by atoms with Crippen LogP contribution in [-0.4, -0.2) is 42.6 Å². The average molecular weight is 427 g/mol. The zero-order valence-electron chi connectivity index (χ0n) is 16.6. The molecular weight excluding hydrogens is 408 g/mol. The highest BCUT2D eigenvalue weighted by molar-refractivity contribution is 6.31. The summed E-state index contributed by atoms with van der Waals surface area (Å²) in [5.74, 6) is -0.253. The number of ketones is 1. The van der Waals surface area contributed by atoms with Gasteiger partial charge < -0.3 is 18.8 Å². The summed E-state index contributed by atoms with van der Waals surface area (Å²) in [6.07, 6.45) is 6.14. The fourth-order valence-electron chi connectivity index (χ4n) is 2.95. The Morgan fingerprint density at radius 3 is 2.60 bits per heavy atom. The molecule has 0 saturated heterocycles. The number of carbonyl (C=O) groups excluding carboxylic acids is 2. The number of benzene rings is 1. The maximum atomic E-state index is 13.4. The number of carbonyl (C=O) groups is 2. The monoisotopic (exact) mass is 426 g/mol. The minimum absolute atomic E-state index is 0.0965. The predicted octanol–water partition coefficient (Wildman–Crippen LogP) is 3.96. The number of ether oxygens (including phenoxy) is 3. The third-order valence-corrected chi connectivity index (χ3v) is 4.58. The molecule has 0 spiro atoms. The summed E-state index contributed by atoms with van der Waals surface area (Å²) in [6.45, 7) is 0. The molecular formula is C22H19ClN2O5. The third-order valence-electron chi connectivity index (χ3n) is 4.34. The van der Waals surface area contributed by atoms with Crippen LogP contribution < -0.4 is 9.47 Å². The first-order valence-corrected chi connectivity index (χ1v) is 9.23. The molecule has 3 rings (SSSR count). The third kappa shape index (κ3) is 4.21. The zero-order chi connectivity index (χ0) is 21.7. The Balaban J connectivity index is 2.13. The van der Waals surface area contributed by atoms with E-state index in [2.05, 4.69) is 9.72 Å². The average Bonchev–Trinajstić information content (AvgIpc) is 3.24. The van der Waals surface area contributed by atoms with Gasteiger partial charge in [-0.15, -0.1) is 0 Å². The van der Waals surface area contributed by atoms with Gasteiger partial charge in [0.2, 0.25) is 5.78 Å². The molecule has 0 aliphatic rings. The summed E-state index contributed by atoms with van der Waals surface area (Å²) in [4.78, 5) is 29.1. The Morgan fingerprint density at radius 1 is 1.10 bits per heavy atom. The zero-order valence-corrected chi connectivity index (χ0v) is 17.3. The van der Waals surface area contributed by atoms with Crippen molar-refractivity contribution in [2.75, 3.05) is 21.3 Å². The molecule has 0 aliphatic heterocycles. The number of halogens is 1. The fraction of sp³-hybridized carbons (Fsp3) is 0.136. The van der Waals surface area contributed by atoms with Crippen molar-refractivity contribution in [1.29, 1.82) is 0 Å². The number of rotatable bonds is 7. The normalized spacial score (nSPS) is 10.8. The van der Waals surface area contributed by atoms with Crippen molar-refractivity contribution < 1.29 is 23.8 Å². The van der Waals surface area contributed by atoms with E-state index >= 15 is 0 Å². The molecule has 0 aliphatic carbocycles. The highest BCUT2D eigenvalue weighted by atomic mass is 35.5. The number of aromatic nitrogens is 2. The smallest absolute Gasteiger partial charge is 0.330 e. The molecule has 154 valence electrons. The molecule has 0 radical (unpaired) electrons. The van der Waals surface area contributed by atoms with Crippen LogP contribution in [0.25, 0.3) is 11.8 Å². The number of methoxy groups -OCH3 is 3. The molecule has 0 atom stereocenters. The molecule has 0 unspecified atom stereocenters. The molecule has 0 bridgehead atoms. The SMILES string of the molecule is COC(=O)C=Cc1cccn1-c1ccc(Cl)cc1C(=O)c1nccc(OC)c1OC. The van der Waals surface area contributed by atoms with Gasteiger partial charge in [0.1, 0.15) is 0 Å². The van der Waals surface area contributed by atoms with Gasteiger partial charge in [0, 0.05) is 40.8 Å². The van der Waals surface area contributed by atoms with E-state index < -0.39 is 5.97 Å². The highest BCUT2D eigenvalue weighted by Crippen LogP contribution is 2.32. The largest absolute Gasteiger partial charge is 0.493 e. The van der Waals surface area contributed by atoms with Crippen LogP contribution in [-0.2, 0) is 9.53 Å². The minimum atomic E-state index is -0.486. The summed E-state index contributed by atoms with van der Waals surface area (Å²) >= 11 is 6.19. The molecule has 0 N–H and O–H groups in total. The van der Waals surface area contributed by atoms with Crippen LogP contribution in [0.5, 0.6) is 11.5 Å². The van der Waals surface area contributed by atoms with Crippen LogP contribution >= 0.6 is 11.6 Å². The van der Waals surface area contributed by atoms with Crippen LogP contribution in [0.15, 0.2) is 54.9 Å². The van der Waals surface area contributed by atoms with Crippen molar-refractivity contribution in [1.82, 2.24) is 9.55 Å². The maximum absolute atomic E-state index is 13.4. The fourth-order valence-corrected chi connectivity index (χ4v) is 3.12. The Bertz CT molecular complexity index is 1120. The summed E-state index contributed by atoms with van der Waals surface area (Å²) in [5.41, 5.74) is 1.64. The second kappa shape index (κ2) is 9.28. The number of hydrogen-bond acceptors (Lipinski definition) is 6. The molecule has 2 heterocycles. The van der Waals surface area contributed by atoms with Crippen LogP contribution in [0.1, 0.15) is 21.7 Å². The molecule has 0 fully saturated rings. The van der Waals surface area contributed by atoms with E-state index in [1.807, 2.05) is 0 Å². The van der Waals surface area contributed by atoms with Gasteiger partial charge in [0.05, 0.1) is 27.0 Å². The molecule has 2 aromatic heterocycles. The van der Waals surface area contributed by atoms with Gasteiger partial charge >= 0.3 is 5.97 Å². The van der Waals surface area contributed by atoms with E-state index in [1.54, 1.807) is 53.2 Å². The van der Waals surface area contributed by atoms with Gasteiger partial charge in [-0.3, -0.25) is 4.79 Å². The first kappa shape index (κ1) is 21.1. The molecule has 0 saturated carbocycles. The van der Waals surface area contributed by atoms with Gasteiger partial charge in [0.25, 0.3) is 0 Å². The van der Waals surface area contributed by atoms with Crippen LogP contribution in [0.2, 0.25) is 5.02 Å². The Labute approximate surface area is 178 Å². The topological polar surface area (TPSA) is 79.7 Å². The van der Waals surface area contributed by atoms with Crippen molar-refractivity contribution in [3.05, 3.63) is 76.8 Å². The van der Waals surface area contributed by atoms with Gasteiger partial charge in [0.15, 0.2) is 17.2 Å². The van der Waals surface area contributed by atoms with E-state index in [9.17, 15) is 9.59 Å². The summed E-state index contributed by atoms with van der Waals surface area (Å²) in [7, 11) is 4.23. The molecule has 7 nitrogen and oxygen atoms in total. The van der Waals surface area contributed by atoms with Crippen molar-refractivity contribution in [2.45, 2.75) is 0 Å². The number of nitrogens with zero attached hydrogens (tertiary/aromatic N) is 2. The number of pyridine rings is 1. The standard InChI is InChI=1S/C22H19ClN2O5/c1-28-18-10-11-24-20(22(18)30-3)21(27)16-13-14(23)6-8-17(16)25-12-4-5-15(25)7-9-19(26)29-2/h4-13H,1-3H3. The Morgan fingerprint density at radius 2 is 1.90 bits per heavy atom. The quantitative estimate of drug-likeness (QED) is 0.323. The predicted molar refractivity (Wildman–Crippen MR) is 113 cm³/mol. The van der Waals surface area contributed by atoms with Crippen molar-refractivity contribution in [3.8, 4) is 17.2 Å². The molecule has 8 heteroatoms. The first-order chi connectivity index (χ1) is 14.5. The minimum Gasteiger partial charge on any atom is -0.493 e. The number of hydrogen-bond donors (Lipinski definition) is 0. The Hall–Kier alpha value is -3.58. The lowest BCUT2D eigenvalue weighted by atomic mass is 10.0.